The lowest BCUT2D eigenvalue weighted by Gasteiger charge is -2.18. The first kappa shape index (κ1) is 23.6. The van der Waals surface area contributed by atoms with E-state index >= 15 is 0 Å². The lowest BCUT2D eigenvalue weighted by atomic mass is 9.88. The smallest absolute Gasteiger partial charge is 0.338 e. The molecule has 2 aromatic carbocycles. The van der Waals surface area contributed by atoms with Crippen LogP contribution in [0.5, 0.6) is 0 Å². The Kier molecular flexibility index (Phi) is 7.07. The summed E-state index contributed by atoms with van der Waals surface area (Å²) in [6.07, 6.45) is 2.50. The van der Waals surface area contributed by atoms with Gasteiger partial charge in [-0.05, 0) is 74.1 Å². The standard InChI is InChI=1S/C26H25FN2O4S/c1-3-33-26(32)16-9-11-17(12-10-16)28-24(31)22-19-13-8-15(2)14-21(19)34-25(22)29-23(30)18-6-4-5-7-20(18)27/h4-7,9-12,15H,3,8,13-14H2,1-2H3,(H,28,31)(H,29,30)/t15-/m1/s1. The molecule has 34 heavy (non-hydrogen) atoms. The van der Waals surface area contributed by atoms with Crippen LogP contribution in [0.4, 0.5) is 15.1 Å². The summed E-state index contributed by atoms with van der Waals surface area (Å²) >= 11 is 1.37. The maximum absolute atomic E-state index is 14.1. The Balaban J connectivity index is 1.61. The van der Waals surface area contributed by atoms with Gasteiger partial charge in [-0.25, -0.2) is 9.18 Å². The zero-order valence-electron chi connectivity index (χ0n) is 18.9. The highest BCUT2D eigenvalue weighted by molar-refractivity contribution is 7.17. The van der Waals surface area contributed by atoms with Gasteiger partial charge in [-0.15, -0.1) is 11.3 Å². The number of carbonyl (C=O) groups excluding carboxylic acids is 3. The molecule has 1 aromatic heterocycles. The number of anilines is 2. The second-order valence-corrected chi connectivity index (χ2v) is 9.35. The van der Waals surface area contributed by atoms with Gasteiger partial charge in [0.25, 0.3) is 11.8 Å². The van der Waals surface area contributed by atoms with Gasteiger partial charge in [0.05, 0.1) is 23.3 Å². The first-order valence-electron chi connectivity index (χ1n) is 11.2. The molecule has 3 aromatic rings. The maximum atomic E-state index is 14.1. The predicted molar refractivity (Wildman–Crippen MR) is 130 cm³/mol. The van der Waals surface area contributed by atoms with E-state index in [9.17, 15) is 18.8 Å². The molecule has 1 atom stereocenters. The number of halogens is 1. The van der Waals surface area contributed by atoms with E-state index in [0.29, 0.717) is 27.7 Å². The molecule has 1 heterocycles. The Hall–Kier alpha value is -3.52. The molecule has 0 saturated heterocycles. The minimum absolute atomic E-state index is 0.0804. The highest BCUT2D eigenvalue weighted by atomic mass is 32.1. The van der Waals surface area contributed by atoms with E-state index in [1.165, 1.54) is 29.5 Å². The molecule has 0 bridgehead atoms. The van der Waals surface area contributed by atoms with Crippen LogP contribution < -0.4 is 10.6 Å². The van der Waals surface area contributed by atoms with Crippen molar-refractivity contribution < 1.29 is 23.5 Å². The van der Waals surface area contributed by atoms with Crippen molar-refractivity contribution in [2.75, 3.05) is 17.2 Å². The Morgan fingerprint density at radius 3 is 2.50 bits per heavy atom. The van der Waals surface area contributed by atoms with Crippen molar-refractivity contribution in [1.82, 2.24) is 0 Å². The molecule has 0 radical (unpaired) electrons. The Bertz CT molecular complexity index is 1240. The molecule has 4 rings (SSSR count). The average Bonchev–Trinajstić information content (AvgIpc) is 3.16. The highest BCUT2D eigenvalue weighted by Crippen LogP contribution is 2.40. The van der Waals surface area contributed by atoms with E-state index in [4.69, 9.17) is 4.74 Å². The van der Waals surface area contributed by atoms with Crippen LogP contribution in [-0.4, -0.2) is 24.4 Å². The largest absolute Gasteiger partial charge is 0.462 e. The number of carbonyl (C=O) groups is 3. The van der Waals surface area contributed by atoms with Gasteiger partial charge >= 0.3 is 5.97 Å². The molecule has 6 nitrogen and oxygen atoms in total. The highest BCUT2D eigenvalue weighted by Gasteiger charge is 2.29. The average molecular weight is 481 g/mol. The molecular weight excluding hydrogens is 455 g/mol. The van der Waals surface area contributed by atoms with Crippen molar-refractivity contribution in [2.45, 2.75) is 33.1 Å². The summed E-state index contributed by atoms with van der Waals surface area (Å²) < 4.78 is 19.1. The third-order valence-electron chi connectivity index (χ3n) is 5.74. The number of rotatable bonds is 6. The van der Waals surface area contributed by atoms with Crippen molar-refractivity contribution in [3.63, 3.8) is 0 Å². The minimum atomic E-state index is -0.623. The van der Waals surface area contributed by atoms with Crippen molar-refractivity contribution in [3.8, 4) is 0 Å². The van der Waals surface area contributed by atoms with Crippen LogP contribution in [-0.2, 0) is 17.6 Å². The zero-order valence-corrected chi connectivity index (χ0v) is 19.8. The van der Waals surface area contributed by atoms with E-state index in [-0.39, 0.29) is 18.1 Å². The summed E-state index contributed by atoms with van der Waals surface area (Å²) in [5, 5.41) is 6.03. The van der Waals surface area contributed by atoms with Crippen LogP contribution >= 0.6 is 11.3 Å². The number of ether oxygens (including phenoxy) is 1. The monoisotopic (exact) mass is 480 g/mol. The second-order valence-electron chi connectivity index (χ2n) is 8.24. The molecule has 2 amide bonds. The molecule has 0 unspecified atom stereocenters. The van der Waals surface area contributed by atoms with Crippen LogP contribution in [0.3, 0.4) is 0 Å². The van der Waals surface area contributed by atoms with E-state index in [0.717, 1.165) is 29.7 Å². The molecule has 8 heteroatoms. The van der Waals surface area contributed by atoms with Crippen molar-refractivity contribution in [3.05, 3.63) is 81.5 Å². The first-order chi connectivity index (χ1) is 16.4. The van der Waals surface area contributed by atoms with Crippen molar-refractivity contribution >= 4 is 39.8 Å². The number of hydrogen-bond donors (Lipinski definition) is 2. The van der Waals surface area contributed by atoms with Gasteiger partial charge in [0.1, 0.15) is 10.8 Å². The number of esters is 1. The van der Waals surface area contributed by atoms with Crippen molar-refractivity contribution in [1.29, 1.82) is 0 Å². The number of fused-ring (bicyclic) bond motifs is 1. The van der Waals surface area contributed by atoms with E-state index in [2.05, 4.69) is 17.6 Å². The van der Waals surface area contributed by atoms with Gasteiger partial charge in [-0.3, -0.25) is 9.59 Å². The first-order valence-corrected chi connectivity index (χ1v) is 12.0. The van der Waals surface area contributed by atoms with Crippen LogP contribution in [0, 0.1) is 11.7 Å². The van der Waals surface area contributed by atoms with E-state index in [1.54, 1.807) is 37.3 Å². The van der Waals surface area contributed by atoms with Gasteiger partial charge in [0, 0.05) is 10.6 Å². The normalized spacial score (nSPS) is 14.7. The second kappa shape index (κ2) is 10.2. The van der Waals surface area contributed by atoms with Gasteiger partial charge in [0.2, 0.25) is 0 Å². The fourth-order valence-corrected chi connectivity index (χ4v) is 5.40. The third kappa shape index (κ3) is 5.02. The third-order valence-corrected chi connectivity index (χ3v) is 6.91. The van der Waals surface area contributed by atoms with Crippen LogP contribution in [0.15, 0.2) is 48.5 Å². The Morgan fingerprint density at radius 1 is 1.06 bits per heavy atom. The summed E-state index contributed by atoms with van der Waals surface area (Å²) in [6.45, 7) is 4.17. The Morgan fingerprint density at radius 2 is 1.79 bits per heavy atom. The number of hydrogen-bond acceptors (Lipinski definition) is 5. The number of nitrogens with one attached hydrogen (secondary N) is 2. The van der Waals surface area contributed by atoms with E-state index in [1.807, 2.05) is 0 Å². The molecule has 0 spiro atoms. The summed E-state index contributed by atoms with van der Waals surface area (Å²) in [5.41, 5.74) is 2.15. The lowest BCUT2D eigenvalue weighted by molar-refractivity contribution is 0.0526. The summed E-state index contributed by atoms with van der Waals surface area (Å²) in [6, 6.07) is 12.2. The number of amides is 2. The van der Waals surface area contributed by atoms with E-state index < -0.39 is 17.7 Å². The molecule has 0 aliphatic heterocycles. The van der Waals surface area contributed by atoms with Gasteiger partial charge in [-0.1, -0.05) is 19.1 Å². The minimum Gasteiger partial charge on any atom is -0.462 e. The van der Waals surface area contributed by atoms with Gasteiger partial charge in [-0.2, -0.15) is 0 Å². The summed E-state index contributed by atoms with van der Waals surface area (Å²) in [5.74, 6) is -1.54. The van der Waals surface area contributed by atoms with Gasteiger partial charge in [0.15, 0.2) is 0 Å². The molecule has 0 fully saturated rings. The van der Waals surface area contributed by atoms with Crippen LogP contribution in [0.25, 0.3) is 0 Å². The molecular formula is C26H25FN2O4S. The van der Waals surface area contributed by atoms with Crippen LogP contribution in [0.2, 0.25) is 0 Å². The maximum Gasteiger partial charge on any atom is 0.338 e. The fraction of sp³-hybridized carbons (Fsp3) is 0.269. The summed E-state index contributed by atoms with van der Waals surface area (Å²) in [4.78, 5) is 39.0. The Labute approximate surface area is 201 Å². The summed E-state index contributed by atoms with van der Waals surface area (Å²) in [7, 11) is 0. The molecule has 176 valence electrons. The quantitative estimate of drug-likeness (QED) is 0.444. The number of thiophene rings is 1. The molecule has 2 N–H and O–H groups in total. The lowest BCUT2D eigenvalue weighted by Crippen LogP contribution is -2.20. The van der Waals surface area contributed by atoms with Crippen LogP contribution in [0.1, 0.15) is 61.8 Å². The molecule has 0 saturated carbocycles. The zero-order chi connectivity index (χ0) is 24.2. The van der Waals surface area contributed by atoms with Gasteiger partial charge < -0.3 is 15.4 Å². The predicted octanol–water partition coefficient (Wildman–Crippen LogP) is 5.69. The topological polar surface area (TPSA) is 84.5 Å². The molecule has 1 aliphatic carbocycles. The fourth-order valence-electron chi connectivity index (χ4n) is 3.99. The SMILES string of the molecule is CCOC(=O)c1ccc(NC(=O)c2c(NC(=O)c3ccccc3F)sc3c2CC[C@@H](C)C3)cc1. The number of benzene rings is 2. The van der Waals surface area contributed by atoms with Crippen molar-refractivity contribution in [2.24, 2.45) is 5.92 Å². The molecule has 1 aliphatic rings.